The Hall–Kier alpha value is -1.18. The van der Waals surface area contributed by atoms with E-state index in [1.165, 1.54) is 16.2 Å². The number of carbonyl (C=O) groups is 1. The fourth-order valence-corrected chi connectivity index (χ4v) is 2.53. The van der Waals surface area contributed by atoms with Crippen LogP contribution in [0.2, 0.25) is 0 Å². The van der Waals surface area contributed by atoms with Crippen LogP contribution in [0.4, 0.5) is 9.93 Å². The Balaban J connectivity index is 1.77. The van der Waals surface area contributed by atoms with Gasteiger partial charge in [0.1, 0.15) is 0 Å². The van der Waals surface area contributed by atoms with Crippen LogP contribution >= 0.6 is 11.3 Å². The second-order valence-electron chi connectivity index (χ2n) is 4.04. The quantitative estimate of drug-likeness (QED) is 0.848. The second kappa shape index (κ2) is 6.67. The highest BCUT2D eigenvalue weighted by Crippen LogP contribution is 2.18. The molecule has 1 saturated heterocycles. The molecule has 0 saturated carbocycles. The maximum Gasteiger partial charge on any atom is 0.320 e. The summed E-state index contributed by atoms with van der Waals surface area (Å²) in [5, 5.41) is 5.82. The summed E-state index contributed by atoms with van der Waals surface area (Å²) in [5.74, 6) is 0. The number of hydrogen-bond acceptors (Lipinski definition) is 5. The van der Waals surface area contributed by atoms with Gasteiger partial charge in [-0.15, -0.1) is 11.3 Å². The third-order valence-corrected chi connectivity index (χ3v) is 3.75. The van der Waals surface area contributed by atoms with E-state index < -0.39 is 0 Å². The minimum Gasteiger partial charge on any atom is -0.379 e. The van der Waals surface area contributed by atoms with E-state index in [4.69, 9.17) is 4.74 Å². The average molecular weight is 270 g/mol. The summed E-state index contributed by atoms with van der Waals surface area (Å²) in [6.45, 7) is 4.67. The van der Waals surface area contributed by atoms with Gasteiger partial charge in [0.15, 0.2) is 5.13 Å². The van der Waals surface area contributed by atoms with E-state index in [0.29, 0.717) is 5.13 Å². The zero-order chi connectivity index (χ0) is 12.8. The highest BCUT2D eigenvalue weighted by molar-refractivity contribution is 7.15. The van der Waals surface area contributed by atoms with Crippen molar-refractivity contribution in [2.45, 2.75) is 6.42 Å². The summed E-state index contributed by atoms with van der Waals surface area (Å²) < 4.78 is 5.31. The summed E-state index contributed by atoms with van der Waals surface area (Å²) in [5.41, 5.74) is 0. The number of amides is 2. The lowest BCUT2D eigenvalue weighted by Crippen LogP contribution is -2.37. The van der Waals surface area contributed by atoms with Crippen LogP contribution < -0.4 is 10.6 Å². The van der Waals surface area contributed by atoms with Crippen molar-refractivity contribution in [1.29, 1.82) is 0 Å². The molecule has 100 valence electrons. The third-order valence-electron chi connectivity index (χ3n) is 2.78. The molecule has 0 aliphatic carbocycles. The van der Waals surface area contributed by atoms with E-state index in [1.54, 1.807) is 7.05 Å². The third kappa shape index (κ3) is 3.94. The van der Waals surface area contributed by atoms with Crippen LogP contribution in [0.3, 0.4) is 0 Å². The molecule has 0 unspecified atom stereocenters. The van der Waals surface area contributed by atoms with Gasteiger partial charge >= 0.3 is 6.03 Å². The lowest BCUT2D eigenvalue weighted by atomic mass is 10.3. The molecule has 1 aromatic rings. The van der Waals surface area contributed by atoms with Crippen LogP contribution in [-0.4, -0.2) is 55.8 Å². The van der Waals surface area contributed by atoms with E-state index in [-0.39, 0.29) is 6.03 Å². The van der Waals surface area contributed by atoms with Gasteiger partial charge in [-0.2, -0.15) is 0 Å². The molecule has 6 nitrogen and oxygen atoms in total. The van der Waals surface area contributed by atoms with Gasteiger partial charge in [-0.25, -0.2) is 9.78 Å². The Morgan fingerprint density at radius 2 is 2.33 bits per heavy atom. The Morgan fingerprint density at radius 1 is 1.56 bits per heavy atom. The molecule has 2 rings (SSSR count). The average Bonchev–Trinajstić information content (AvgIpc) is 2.85. The molecular weight excluding hydrogens is 252 g/mol. The molecule has 7 heteroatoms. The van der Waals surface area contributed by atoms with Crippen molar-refractivity contribution in [3.05, 3.63) is 11.1 Å². The van der Waals surface area contributed by atoms with Crippen molar-refractivity contribution in [2.24, 2.45) is 0 Å². The molecule has 0 spiro atoms. The Bertz CT molecular complexity index is 390. The predicted octanol–water partition coefficient (Wildman–Crippen LogP) is 0.769. The molecular formula is C11H18N4O2S. The lowest BCUT2D eigenvalue weighted by molar-refractivity contribution is 0.0385. The van der Waals surface area contributed by atoms with Gasteiger partial charge in [0, 0.05) is 37.8 Å². The standard InChI is InChI=1S/C11H18N4O2S/c1-12-10(16)14-11-13-8-9(18-11)2-3-15-4-6-17-7-5-15/h8H,2-7H2,1H3,(H2,12,13,14,16). The van der Waals surface area contributed by atoms with E-state index in [0.717, 1.165) is 39.3 Å². The molecule has 0 aromatic carbocycles. The Labute approximate surface area is 110 Å². The van der Waals surface area contributed by atoms with E-state index in [2.05, 4.69) is 20.5 Å². The molecule has 1 aliphatic rings. The number of thiazole rings is 1. The number of anilines is 1. The Morgan fingerprint density at radius 3 is 3.06 bits per heavy atom. The SMILES string of the molecule is CNC(=O)Nc1ncc(CCN2CCOCC2)s1. The fourth-order valence-electron chi connectivity index (χ4n) is 1.73. The summed E-state index contributed by atoms with van der Waals surface area (Å²) in [4.78, 5) is 18.9. The van der Waals surface area contributed by atoms with Crippen LogP contribution in [0, 0.1) is 0 Å². The maximum atomic E-state index is 11.1. The van der Waals surface area contributed by atoms with E-state index in [1.807, 2.05) is 6.20 Å². The first kappa shape index (κ1) is 13.3. The second-order valence-corrected chi connectivity index (χ2v) is 5.16. The van der Waals surface area contributed by atoms with Crippen molar-refractivity contribution < 1.29 is 9.53 Å². The highest BCUT2D eigenvalue weighted by Gasteiger charge is 2.11. The highest BCUT2D eigenvalue weighted by atomic mass is 32.1. The van der Waals surface area contributed by atoms with Crippen LogP contribution in [-0.2, 0) is 11.2 Å². The number of rotatable bonds is 4. The van der Waals surface area contributed by atoms with Crippen LogP contribution in [0.15, 0.2) is 6.20 Å². The monoisotopic (exact) mass is 270 g/mol. The first-order valence-corrected chi connectivity index (χ1v) is 6.83. The molecule has 0 bridgehead atoms. The van der Waals surface area contributed by atoms with Gasteiger partial charge in [0.25, 0.3) is 0 Å². The number of morpholine rings is 1. The van der Waals surface area contributed by atoms with Crippen molar-refractivity contribution in [3.8, 4) is 0 Å². The van der Waals surface area contributed by atoms with Crippen LogP contribution in [0.1, 0.15) is 4.88 Å². The normalized spacial score (nSPS) is 16.5. The minimum atomic E-state index is -0.232. The van der Waals surface area contributed by atoms with Crippen molar-refractivity contribution in [1.82, 2.24) is 15.2 Å². The van der Waals surface area contributed by atoms with Gasteiger partial charge in [-0.3, -0.25) is 10.2 Å². The molecule has 0 atom stereocenters. The zero-order valence-corrected chi connectivity index (χ0v) is 11.3. The fraction of sp³-hybridized carbons (Fsp3) is 0.636. The number of aromatic nitrogens is 1. The number of carbonyl (C=O) groups excluding carboxylic acids is 1. The maximum absolute atomic E-state index is 11.1. The number of nitrogens with one attached hydrogen (secondary N) is 2. The van der Waals surface area contributed by atoms with E-state index >= 15 is 0 Å². The number of urea groups is 1. The van der Waals surface area contributed by atoms with Crippen molar-refractivity contribution in [3.63, 3.8) is 0 Å². The molecule has 2 amide bonds. The molecule has 2 heterocycles. The van der Waals surface area contributed by atoms with Gasteiger partial charge in [0.2, 0.25) is 0 Å². The summed E-state index contributed by atoms with van der Waals surface area (Å²) in [6.07, 6.45) is 2.80. The van der Waals surface area contributed by atoms with Crippen LogP contribution in [0.25, 0.3) is 0 Å². The molecule has 2 N–H and O–H groups in total. The van der Waals surface area contributed by atoms with Gasteiger partial charge in [-0.1, -0.05) is 0 Å². The summed E-state index contributed by atoms with van der Waals surface area (Å²) >= 11 is 1.52. The summed E-state index contributed by atoms with van der Waals surface area (Å²) in [7, 11) is 1.59. The molecule has 1 fully saturated rings. The Kier molecular flexibility index (Phi) is 4.91. The predicted molar refractivity (Wildman–Crippen MR) is 71.2 cm³/mol. The topological polar surface area (TPSA) is 66.5 Å². The largest absolute Gasteiger partial charge is 0.379 e. The zero-order valence-electron chi connectivity index (χ0n) is 10.4. The minimum absolute atomic E-state index is 0.232. The number of ether oxygens (including phenoxy) is 1. The summed E-state index contributed by atoms with van der Waals surface area (Å²) in [6, 6.07) is -0.232. The van der Waals surface area contributed by atoms with Crippen molar-refractivity contribution >= 4 is 22.5 Å². The smallest absolute Gasteiger partial charge is 0.320 e. The van der Waals surface area contributed by atoms with E-state index in [9.17, 15) is 4.79 Å². The first-order valence-electron chi connectivity index (χ1n) is 6.01. The van der Waals surface area contributed by atoms with Gasteiger partial charge in [0.05, 0.1) is 13.2 Å². The number of nitrogens with zero attached hydrogens (tertiary/aromatic N) is 2. The van der Waals surface area contributed by atoms with Gasteiger partial charge < -0.3 is 10.1 Å². The van der Waals surface area contributed by atoms with Gasteiger partial charge in [-0.05, 0) is 6.42 Å². The molecule has 1 aliphatic heterocycles. The molecule has 18 heavy (non-hydrogen) atoms. The number of hydrogen-bond donors (Lipinski definition) is 2. The lowest BCUT2D eigenvalue weighted by Gasteiger charge is -2.26. The van der Waals surface area contributed by atoms with Crippen molar-refractivity contribution in [2.75, 3.05) is 45.2 Å². The molecule has 0 radical (unpaired) electrons. The molecule has 1 aromatic heterocycles. The first-order chi connectivity index (χ1) is 8.78. The van der Waals surface area contributed by atoms with Crippen LogP contribution in [0.5, 0.6) is 0 Å².